The highest BCUT2D eigenvalue weighted by atomic mass is 16.1. The Morgan fingerprint density at radius 2 is 0.886 bits per heavy atom. The Morgan fingerprint density at radius 3 is 1.27 bits per heavy atom. The highest BCUT2D eigenvalue weighted by molar-refractivity contribution is 6.19. The van der Waals surface area contributed by atoms with E-state index in [9.17, 15) is 9.59 Å². The molecule has 0 aliphatic rings. The molecule has 6 nitrogen and oxygen atoms in total. The van der Waals surface area contributed by atoms with Crippen LogP contribution in [-0.2, 0) is 14.1 Å². The minimum absolute atomic E-state index is 0.0805. The molecule has 0 saturated heterocycles. The van der Waals surface area contributed by atoms with Crippen LogP contribution in [0.2, 0.25) is 0 Å². The number of para-hydroxylation sites is 4. The van der Waals surface area contributed by atoms with E-state index in [1.807, 2.05) is 104 Å². The van der Waals surface area contributed by atoms with Gasteiger partial charge in [0, 0.05) is 70.9 Å². The van der Waals surface area contributed by atoms with Crippen molar-refractivity contribution in [3.8, 4) is 0 Å². The molecular formula is C38H42N4O2. The number of aryl methyl sites for hydroxylation is 2. The van der Waals surface area contributed by atoms with Crippen molar-refractivity contribution in [3.63, 3.8) is 0 Å². The van der Waals surface area contributed by atoms with Gasteiger partial charge >= 0.3 is 0 Å². The number of benzene rings is 4. The molecule has 0 radical (unpaired) electrons. The summed E-state index contributed by atoms with van der Waals surface area (Å²) in [5, 5.41) is 4.49. The van der Waals surface area contributed by atoms with Crippen LogP contribution in [0.5, 0.6) is 0 Å². The SMILES string of the molecule is CN(CCN(C)C(C)(C)C(=O)c1cccc2c3ccccc3n(C)c12)C(C)(C)C(=O)c1cccc2c3ccccc3n(C)c12. The summed E-state index contributed by atoms with van der Waals surface area (Å²) in [5.74, 6) is 0.161. The molecule has 6 aromatic rings. The topological polar surface area (TPSA) is 50.5 Å². The zero-order valence-electron chi connectivity index (χ0n) is 27.1. The third kappa shape index (κ3) is 4.47. The van der Waals surface area contributed by atoms with Crippen LogP contribution in [-0.4, -0.2) is 68.8 Å². The Kier molecular flexibility index (Phi) is 7.26. The molecule has 0 amide bonds. The first kappa shape index (κ1) is 29.8. The number of aromatic nitrogens is 2. The van der Waals surface area contributed by atoms with Crippen LogP contribution >= 0.6 is 0 Å². The number of fused-ring (bicyclic) bond motifs is 6. The molecule has 0 saturated carbocycles. The highest BCUT2D eigenvalue weighted by Gasteiger charge is 2.37. The van der Waals surface area contributed by atoms with E-state index in [-0.39, 0.29) is 11.6 Å². The molecule has 2 aromatic heterocycles. The van der Waals surface area contributed by atoms with E-state index in [4.69, 9.17) is 0 Å². The zero-order chi connectivity index (χ0) is 31.6. The van der Waals surface area contributed by atoms with Gasteiger partial charge in [0.2, 0.25) is 0 Å². The number of carbonyl (C=O) groups is 2. The number of rotatable bonds is 9. The Hall–Kier alpha value is -4.26. The van der Waals surface area contributed by atoms with E-state index in [1.165, 1.54) is 0 Å². The number of nitrogens with zero attached hydrogens (tertiary/aromatic N) is 4. The van der Waals surface area contributed by atoms with Crippen LogP contribution in [0.4, 0.5) is 0 Å². The van der Waals surface area contributed by atoms with E-state index < -0.39 is 11.1 Å². The van der Waals surface area contributed by atoms with Crippen molar-refractivity contribution >= 4 is 55.2 Å². The van der Waals surface area contributed by atoms with Gasteiger partial charge in [-0.1, -0.05) is 60.7 Å². The second-order valence-corrected chi connectivity index (χ2v) is 13.2. The van der Waals surface area contributed by atoms with Crippen LogP contribution in [0.25, 0.3) is 43.6 Å². The summed E-state index contributed by atoms with van der Waals surface area (Å²) >= 11 is 0. The standard InChI is InChI=1S/C38H42N4O2/c1-37(2,35(43)29-19-13-17-27-25-15-9-11-21-31(25)41(7)33(27)29)39(5)23-24-40(6)38(3,4)36(44)30-20-14-18-28-26-16-10-12-22-32(26)42(8)34(28)30/h9-22H,23-24H2,1-8H3. The maximum Gasteiger partial charge on any atom is 0.184 e. The Labute approximate surface area is 259 Å². The predicted molar refractivity (Wildman–Crippen MR) is 183 cm³/mol. The van der Waals surface area contributed by atoms with Gasteiger partial charge in [-0.15, -0.1) is 0 Å². The molecule has 0 spiro atoms. The summed E-state index contributed by atoms with van der Waals surface area (Å²) < 4.78 is 4.26. The number of ketones is 2. The first-order chi connectivity index (χ1) is 20.9. The van der Waals surface area contributed by atoms with Gasteiger partial charge in [0.1, 0.15) is 0 Å². The number of hydrogen-bond donors (Lipinski definition) is 0. The fourth-order valence-electron chi connectivity index (χ4n) is 6.70. The summed E-state index contributed by atoms with van der Waals surface area (Å²) in [5.41, 5.74) is 4.10. The first-order valence-electron chi connectivity index (χ1n) is 15.3. The lowest BCUT2D eigenvalue weighted by Gasteiger charge is -2.39. The summed E-state index contributed by atoms with van der Waals surface area (Å²) in [7, 11) is 8.06. The van der Waals surface area contributed by atoms with Gasteiger partial charge < -0.3 is 9.13 Å². The zero-order valence-corrected chi connectivity index (χ0v) is 27.1. The van der Waals surface area contributed by atoms with Gasteiger partial charge in [-0.25, -0.2) is 0 Å². The second kappa shape index (κ2) is 10.7. The smallest absolute Gasteiger partial charge is 0.184 e. The van der Waals surface area contributed by atoms with Gasteiger partial charge in [-0.05, 0) is 66.1 Å². The quantitative estimate of drug-likeness (QED) is 0.165. The molecule has 0 unspecified atom stereocenters. The lowest BCUT2D eigenvalue weighted by molar-refractivity contribution is 0.0577. The lowest BCUT2D eigenvalue weighted by Crippen LogP contribution is -2.54. The van der Waals surface area contributed by atoms with Crippen LogP contribution in [0.15, 0.2) is 84.9 Å². The second-order valence-electron chi connectivity index (χ2n) is 13.2. The largest absolute Gasteiger partial charge is 0.343 e. The van der Waals surface area contributed by atoms with Crippen molar-refractivity contribution in [2.75, 3.05) is 27.2 Å². The Morgan fingerprint density at radius 1 is 0.545 bits per heavy atom. The number of carbonyl (C=O) groups excluding carboxylic acids is 2. The summed E-state index contributed by atoms with van der Waals surface area (Å²) in [6, 6.07) is 28.6. The van der Waals surface area contributed by atoms with Crippen molar-refractivity contribution in [1.82, 2.24) is 18.9 Å². The van der Waals surface area contributed by atoms with Gasteiger partial charge in [0.15, 0.2) is 11.6 Å². The highest BCUT2D eigenvalue weighted by Crippen LogP contribution is 2.34. The molecule has 226 valence electrons. The summed E-state index contributed by atoms with van der Waals surface area (Å²) in [6.07, 6.45) is 0. The summed E-state index contributed by atoms with van der Waals surface area (Å²) in [6.45, 7) is 9.22. The van der Waals surface area contributed by atoms with E-state index in [0.717, 1.165) is 54.7 Å². The minimum Gasteiger partial charge on any atom is -0.343 e. The Balaban J connectivity index is 1.23. The molecule has 0 fully saturated rings. The molecule has 0 N–H and O–H groups in total. The average Bonchev–Trinajstić information content (AvgIpc) is 3.50. The van der Waals surface area contributed by atoms with Crippen molar-refractivity contribution < 1.29 is 9.59 Å². The first-order valence-corrected chi connectivity index (χ1v) is 15.3. The number of hydrogen-bond acceptors (Lipinski definition) is 4. The van der Waals surface area contributed by atoms with Crippen molar-refractivity contribution in [2.24, 2.45) is 14.1 Å². The molecular weight excluding hydrogens is 544 g/mol. The molecule has 2 heterocycles. The van der Waals surface area contributed by atoms with Crippen molar-refractivity contribution in [3.05, 3.63) is 96.1 Å². The maximum absolute atomic E-state index is 14.2. The molecule has 0 bridgehead atoms. The molecule has 6 rings (SSSR count). The van der Waals surface area contributed by atoms with Crippen LogP contribution in [0.1, 0.15) is 48.4 Å². The fraction of sp³-hybridized carbons (Fsp3) is 0.316. The van der Waals surface area contributed by atoms with Crippen molar-refractivity contribution in [1.29, 1.82) is 0 Å². The molecule has 0 atom stereocenters. The molecule has 0 aliphatic heterocycles. The van der Waals surface area contributed by atoms with Gasteiger partial charge in [0.05, 0.1) is 22.1 Å². The normalized spacial score (nSPS) is 12.9. The summed E-state index contributed by atoms with van der Waals surface area (Å²) in [4.78, 5) is 32.6. The van der Waals surface area contributed by atoms with Crippen LogP contribution < -0.4 is 0 Å². The van der Waals surface area contributed by atoms with Gasteiger partial charge in [-0.2, -0.15) is 0 Å². The third-order valence-electron chi connectivity index (χ3n) is 10.1. The number of likely N-dealkylation sites (N-methyl/N-ethyl adjacent to an activating group) is 2. The average molecular weight is 587 g/mol. The molecule has 44 heavy (non-hydrogen) atoms. The lowest BCUT2D eigenvalue weighted by atomic mass is 9.89. The fourth-order valence-corrected chi connectivity index (χ4v) is 6.70. The van der Waals surface area contributed by atoms with E-state index in [1.54, 1.807) is 0 Å². The maximum atomic E-state index is 14.2. The van der Waals surface area contributed by atoms with Crippen molar-refractivity contribution in [2.45, 2.75) is 38.8 Å². The monoisotopic (exact) mass is 586 g/mol. The molecule has 4 aromatic carbocycles. The third-order valence-corrected chi connectivity index (χ3v) is 10.1. The van der Waals surface area contributed by atoms with E-state index in [0.29, 0.717) is 13.1 Å². The number of Topliss-reactive ketones (excluding diaryl/α,β-unsaturated/α-hetero) is 2. The van der Waals surface area contributed by atoms with Crippen LogP contribution in [0, 0.1) is 0 Å². The predicted octanol–water partition coefficient (Wildman–Crippen LogP) is 7.46. The minimum atomic E-state index is -0.755. The molecule has 6 heteroatoms. The molecule has 0 aliphatic carbocycles. The van der Waals surface area contributed by atoms with E-state index >= 15 is 0 Å². The van der Waals surface area contributed by atoms with Gasteiger partial charge in [-0.3, -0.25) is 19.4 Å². The van der Waals surface area contributed by atoms with Gasteiger partial charge in [0.25, 0.3) is 0 Å². The van der Waals surface area contributed by atoms with E-state index in [2.05, 4.69) is 55.3 Å². The van der Waals surface area contributed by atoms with Crippen LogP contribution in [0.3, 0.4) is 0 Å². The Bertz CT molecular complexity index is 1930.